The SMILES string of the molecule is C[Si](=[Zr+2])c1ccccc1.Cc1ccc[c-]1-c1ccncc1.Cc1ccc[c-]1-c1ccncc1.[Cl-].[Cl-]. The smallest absolute Gasteiger partial charge is 0.00661 e. The Morgan fingerprint density at radius 2 is 1.00 bits per heavy atom. The van der Waals surface area contributed by atoms with Crippen LogP contribution in [0.15, 0.2) is 116 Å². The molecule has 0 atom stereocenters. The van der Waals surface area contributed by atoms with E-state index in [0.29, 0.717) is 0 Å². The molecule has 178 valence electrons. The van der Waals surface area contributed by atoms with E-state index in [0.717, 1.165) is 0 Å². The van der Waals surface area contributed by atoms with Crippen LogP contribution >= 0.6 is 0 Å². The Kier molecular flexibility index (Phi) is 14.6. The maximum Gasteiger partial charge on any atom is -0.00661 e. The molecule has 0 N–H and O–H groups in total. The average Bonchev–Trinajstić information content (AvgIpc) is 3.49. The summed E-state index contributed by atoms with van der Waals surface area (Å²) in [6, 6.07) is 31.5. The summed E-state index contributed by atoms with van der Waals surface area (Å²) in [5.41, 5.74) is 7.61. The van der Waals surface area contributed by atoms with Gasteiger partial charge in [-0.1, -0.05) is 25.0 Å². The normalized spacial score (nSPS) is 9.29. The fourth-order valence-corrected chi connectivity index (χ4v) is 5.34. The minimum absolute atomic E-state index is 0. The van der Waals surface area contributed by atoms with Crippen molar-refractivity contribution in [2.45, 2.75) is 20.4 Å². The number of aromatic nitrogens is 2. The van der Waals surface area contributed by atoms with E-state index < -0.39 is 0 Å². The largest absolute Gasteiger partial charge is 1.00 e. The van der Waals surface area contributed by atoms with Crippen LogP contribution in [0.1, 0.15) is 11.1 Å². The third-order valence-corrected chi connectivity index (χ3v) is 8.59. The van der Waals surface area contributed by atoms with Crippen molar-refractivity contribution >= 4 is 10.6 Å². The molecule has 2 heterocycles. The zero-order valence-corrected chi connectivity index (χ0v) is 25.1. The number of benzene rings is 1. The van der Waals surface area contributed by atoms with Gasteiger partial charge in [-0.25, -0.2) is 0 Å². The fraction of sp³-hybridized carbons (Fsp3) is 0.103. The van der Waals surface area contributed by atoms with E-state index in [1.165, 1.54) is 33.4 Å². The molecule has 0 aliphatic carbocycles. The van der Waals surface area contributed by atoms with Gasteiger partial charge in [0, 0.05) is 0 Å². The molecule has 0 aliphatic heterocycles. The van der Waals surface area contributed by atoms with Crippen LogP contribution in [-0.4, -0.2) is 15.4 Å². The van der Waals surface area contributed by atoms with Gasteiger partial charge in [-0.3, -0.25) is 9.97 Å². The van der Waals surface area contributed by atoms with Gasteiger partial charge in [0.15, 0.2) is 0 Å². The summed E-state index contributed by atoms with van der Waals surface area (Å²) in [6.45, 7) is 6.59. The third-order valence-electron chi connectivity index (χ3n) is 5.26. The van der Waals surface area contributed by atoms with Gasteiger partial charge in [0.2, 0.25) is 0 Å². The summed E-state index contributed by atoms with van der Waals surface area (Å²) in [4.78, 5) is 7.97. The van der Waals surface area contributed by atoms with Crippen LogP contribution in [0.3, 0.4) is 0 Å². The van der Waals surface area contributed by atoms with Gasteiger partial charge in [-0.05, 0) is 24.8 Å². The number of aryl methyl sites for hydroxylation is 2. The first-order valence-electron chi connectivity index (χ1n) is 10.9. The second-order valence-corrected chi connectivity index (χ2v) is 15.1. The number of hydrogen-bond acceptors (Lipinski definition) is 2. The second kappa shape index (κ2) is 16.5. The van der Waals surface area contributed by atoms with E-state index in [4.69, 9.17) is 0 Å². The van der Waals surface area contributed by atoms with Crippen LogP contribution in [0, 0.1) is 13.8 Å². The van der Waals surface area contributed by atoms with E-state index in [1.807, 2.05) is 49.1 Å². The molecule has 2 aromatic heterocycles. The van der Waals surface area contributed by atoms with Gasteiger partial charge in [-0.15, -0.1) is 70.8 Å². The van der Waals surface area contributed by atoms with Crippen LogP contribution in [-0.2, 0) is 23.3 Å². The molecule has 0 saturated carbocycles. The summed E-state index contributed by atoms with van der Waals surface area (Å²) in [6.07, 6.45) is 7.28. The second-order valence-electron chi connectivity index (χ2n) is 7.71. The maximum absolute atomic E-state index is 3.98. The molecule has 0 amide bonds. The molecule has 5 rings (SSSR count). The minimum atomic E-state index is -0.122. The fourth-order valence-electron chi connectivity index (χ4n) is 3.42. The molecule has 3 aromatic carbocycles. The van der Waals surface area contributed by atoms with Crippen molar-refractivity contribution in [1.82, 2.24) is 9.97 Å². The summed E-state index contributed by atoms with van der Waals surface area (Å²) in [7, 11) is 0. The summed E-state index contributed by atoms with van der Waals surface area (Å²) < 4.78 is 0. The van der Waals surface area contributed by atoms with Gasteiger partial charge in [0.05, 0.1) is 0 Å². The van der Waals surface area contributed by atoms with Crippen molar-refractivity contribution in [2.24, 2.45) is 0 Å². The monoisotopic (exact) mass is 592 g/mol. The molecule has 0 aliphatic rings. The first kappa shape index (κ1) is 30.9. The molecule has 0 radical (unpaired) electrons. The van der Waals surface area contributed by atoms with Gasteiger partial charge < -0.3 is 24.8 Å². The predicted molar refractivity (Wildman–Crippen MR) is 138 cm³/mol. The predicted octanol–water partition coefficient (Wildman–Crippen LogP) is 0.622. The van der Waals surface area contributed by atoms with Crippen LogP contribution < -0.4 is 30.0 Å². The number of halogens is 2. The molecule has 35 heavy (non-hydrogen) atoms. The number of nitrogens with zero attached hydrogens (tertiary/aromatic N) is 2. The Balaban J connectivity index is 0.000000258. The molecule has 0 unspecified atom stereocenters. The van der Waals surface area contributed by atoms with Crippen LogP contribution in [0.5, 0.6) is 0 Å². The minimum Gasteiger partial charge on any atom is -1.00 e. The first-order valence-corrected chi connectivity index (χ1v) is 16.6. The Morgan fingerprint density at radius 1 is 0.600 bits per heavy atom. The number of rotatable bonds is 3. The zero-order valence-electron chi connectivity index (χ0n) is 20.1. The van der Waals surface area contributed by atoms with Crippen LogP contribution in [0.25, 0.3) is 22.3 Å². The molecule has 0 bridgehead atoms. The molecular formula is C29H28Cl2N2SiZr-2. The quantitative estimate of drug-likeness (QED) is 0.226. The molecule has 0 saturated heterocycles. The van der Waals surface area contributed by atoms with Gasteiger partial charge in [0.1, 0.15) is 0 Å². The van der Waals surface area contributed by atoms with Gasteiger partial charge >= 0.3 is 70.8 Å². The molecule has 0 spiro atoms. The Hall–Kier alpha value is -2.10. The van der Waals surface area contributed by atoms with Gasteiger partial charge in [0.25, 0.3) is 0 Å². The van der Waals surface area contributed by atoms with Crippen molar-refractivity contribution in [1.29, 1.82) is 0 Å². The Morgan fingerprint density at radius 3 is 1.29 bits per heavy atom. The van der Waals surface area contributed by atoms with E-state index in [2.05, 4.69) is 97.1 Å². The molecule has 0 fully saturated rings. The third kappa shape index (κ3) is 9.82. The van der Waals surface area contributed by atoms with E-state index >= 15 is 0 Å². The van der Waals surface area contributed by atoms with Crippen molar-refractivity contribution in [3.63, 3.8) is 0 Å². The maximum atomic E-state index is 3.98. The van der Waals surface area contributed by atoms with Crippen molar-refractivity contribution in [3.05, 3.63) is 127 Å². The van der Waals surface area contributed by atoms with E-state index in [-0.39, 0.29) is 30.2 Å². The van der Waals surface area contributed by atoms with Crippen molar-refractivity contribution < 1.29 is 48.1 Å². The summed E-state index contributed by atoms with van der Waals surface area (Å²) in [5, 5.41) is 1.56. The standard InChI is InChI=1S/2C11H10N.C7H8Si.2ClH.Zr/c2*1-9-3-2-4-11(9)10-5-7-12-8-6-10;1-8-7-5-3-2-4-6-7;;;/h2*2-8H,1H3;2-6H,1H3;2*1H;/q2*-1;;;;+2/p-2. The summed E-state index contributed by atoms with van der Waals surface area (Å²) >= 11 is 1.69. The van der Waals surface area contributed by atoms with Crippen LogP contribution in [0.4, 0.5) is 0 Å². The Bertz CT molecular complexity index is 1180. The van der Waals surface area contributed by atoms with E-state index in [9.17, 15) is 0 Å². The van der Waals surface area contributed by atoms with Crippen LogP contribution in [0.2, 0.25) is 6.55 Å². The molecule has 6 heteroatoms. The molecule has 5 aromatic rings. The Labute approximate surface area is 236 Å². The van der Waals surface area contributed by atoms with Crippen molar-refractivity contribution in [3.8, 4) is 22.3 Å². The summed E-state index contributed by atoms with van der Waals surface area (Å²) in [5.74, 6) is 0. The number of pyridine rings is 2. The van der Waals surface area contributed by atoms with E-state index in [1.54, 1.807) is 28.5 Å². The van der Waals surface area contributed by atoms with Gasteiger partial charge in [-0.2, -0.15) is 12.1 Å². The molecular weight excluding hydrogens is 567 g/mol. The first-order chi connectivity index (χ1) is 16.1. The van der Waals surface area contributed by atoms with Crippen molar-refractivity contribution in [2.75, 3.05) is 0 Å². The topological polar surface area (TPSA) is 25.8 Å². The zero-order chi connectivity index (χ0) is 23.5. The number of hydrogen-bond donors (Lipinski definition) is 0. The molecule has 2 nitrogen and oxygen atoms in total. The average molecular weight is 595 g/mol.